The number of fused-ring (bicyclic) bond motifs is 2. The Kier molecular flexibility index (Phi) is 4.97. The third kappa shape index (κ3) is 3.87. The summed E-state index contributed by atoms with van der Waals surface area (Å²) in [5.41, 5.74) is 2.15. The highest BCUT2D eigenvalue weighted by Gasteiger charge is 2.21. The zero-order chi connectivity index (χ0) is 19.6. The fourth-order valence-electron chi connectivity index (χ4n) is 3.86. The minimum atomic E-state index is 0.216. The van der Waals surface area contributed by atoms with E-state index in [1.165, 1.54) is 4.70 Å². The Balaban J connectivity index is 1.18. The van der Waals surface area contributed by atoms with Crippen LogP contribution in [0.2, 0.25) is 0 Å². The maximum Gasteiger partial charge on any atom is 0.231 e. The van der Waals surface area contributed by atoms with E-state index in [0.717, 1.165) is 60.3 Å². The van der Waals surface area contributed by atoms with Gasteiger partial charge in [0.25, 0.3) is 0 Å². The summed E-state index contributed by atoms with van der Waals surface area (Å²) in [6.45, 7) is 3.59. The first-order valence-corrected chi connectivity index (χ1v) is 10.8. The highest BCUT2D eigenvalue weighted by Crippen LogP contribution is 2.33. The van der Waals surface area contributed by atoms with E-state index in [1.54, 1.807) is 11.3 Å². The van der Waals surface area contributed by atoms with Crippen molar-refractivity contribution in [1.82, 2.24) is 9.88 Å². The van der Waals surface area contributed by atoms with Crippen molar-refractivity contribution in [3.05, 3.63) is 48.0 Å². The van der Waals surface area contributed by atoms with E-state index < -0.39 is 0 Å². The van der Waals surface area contributed by atoms with Crippen molar-refractivity contribution in [1.29, 1.82) is 0 Å². The Morgan fingerprint density at radius 1 is 1.03 bits per heavy atom. The normalized spacial score (nSPS) is 16.3. The summed E-state index contributed by atoms with van der Waals surface area (Å²) >= 11 is 1.73. The molecule has 5 rings (SSSR count). The van der Waals surface area contributed by atoms with Crippen molar-refractivity contribution in [3.8, 4) is 11.5 Å². The van der Waals surface area contributed by atoms with Crippen molar-refractivity contribution >= 4 is 32.6 Å². The van der Waals surface area contributed by atoms with Crippen molar-refractivity contribution in [2.45, 2.75) is 19.3 Å². The highest BCUT2D eigenvalue weighted by molar-refractivity contribution is 7.22. The molecule has 0 aliphatic carbocycles. The van der Waals surface area contributed by atoms with Crippen molar-refractivity contribution < 1.29 is 14.3 Å². The molecule has 150 valence electrons. The van der Waals surface area contributed by atoms with Gasteiger partial charge in [-0.2, -0.15) is 0 Å². The molecule has 29 heavy (non-hydrogen) atoms. The van der Waals surface area contributed by atoms with Gasteiger partial charge in [0.05, 0.1) is 10.2 Å². The molecule has 1 aromatic heterocycles. The van der Waals surface area contributed by atoms with Crippen molar-refractivity contribution in [3.63, 3.8) is 0 Å². The maximum atomic E-state index is 12.8. The predicted molar refractivity (Wildman–Crippen MR) is 114 cm³/mol. The smallest absolute Gasteiger partial charge is 0.231 e. The first-order chi connectivity index (χ1) is 14.3. The molecule has 2 aliphatic rings. The van der Waals surface area contributed by atoms with Gasteiger partial charge in [0, 0.05) is 32.6 Å². The van der Waals surface area contributed by atoms with Gasteiger partial charge in [-0.1, -0.05) is 29.5 Å². The maximum absolute atomic E-state index is 12.8. The molecule has 0 unspecified atom stereocenters. The molecule has 7 heteroatoms. The zero-order valence-corrected chi connectivity index (χ0v) is 17.0. The third-order valence-corrected chi connectivity index (χ3v) is 6.56. The van der Waals surface area contributed by atoms with E-state index in [1.807, 2.05) is 35.2 Å². The third-order valence-electron chi connectivity index (χ3n) is 5.47. The molecule has 0 N–H and O–H groups in total. The number of carbonyl (C=O) groups excluding carboxylic acids is 1. The van der Waals surface area contributed by atoms with Crippen LogP contribution in [-0.2, 0) is 11.2 Å². The van der Waals surface area contributed by atoms with Crippen LogP contribution >= 0.6 is 11.3 Å². The second-order valence-electron chi connectivity index (χ2n) is 7.37. The molecule has 0 spiro atoms. The molecular formula is C22H23N3O3S. The number of ether oxygens (including phenoxy) is 2. The number of para-hydroxylation sites is 1. The number of thiazole rings is 1. The summed E-state index contributed by atoms with van der Waals surface area (Å²) in [6, 6.07) is 14.1. The molecule has 3 heterocycles. The molecule has 3 aromatic rings. The summed E-state index contributed by atoms with van der Waals surface area (Å²) in [5, 5.41) is 1.06. The van der Waals surface area contributed by atoms with Gasteiger partial charge < -0.3 is 19.3 Å². The first-order valence-electron chi connectivity index (χ1n) is 10.0. The average molecular weight is 410 g/mol. The predicted octanol–water partition coefficient (Wildman–Crippen LogP) is 3.70. The molecule has 2 aliphatic heterocycles. The zero-order valence-electron chi connectivity index (χ0n) is 16.2. The monoisotopic (exact) mass is 409 g/mol. The lowest BCUT2D eigenvalue weighted by Gasteiger charge is -2.21. The largest absolute Gasteiger partial charge is 0.454 e. The second-order valence-corrected chi connectivity index (χ2v) is 8.38. The summed E-state index contributed by atoms with van der Waals surface area (Å²) in [5.74, 6) is 1.77. The number of aryl methyl sites for hydroxylation is 1. The van der Waals surface area contributed by atoms with Crippen LogP contribution in [0.5, 0.6) is 11.5 Å². The van der Waals surface area contributed by atoms with E-state index in [4.69, 9.17) is 14.5 Å². The van der Waals surface area contributed by atoms with Crippen LogP contribution in [0.25, 0.3) is 10.2 Å². The Hall–Kier alpha value is -2.80. The number of aromatic nitrogens is 1. The number of hydrogen-bond acceptors (Lipinski definition) is 6. The Morgan fingerprint density at radius 3 is 2.86 bits per heavy atom. The van der Waals surface area contributed by atoms with Crippen molar-refractivity contribution in [2.75, 3.05) is 37.9 Å². The fourth-order valence-corrected chi connectivity index (χ4v) is 4.88. The van der Waals surface area contributed by atoms with Crippen LogP contribution in [-0.4, -0.2) is 48.8 Å². The van der Waals surface area contributed by atoms with Crippen LogP contribution in [0.15, 0.2) is 42.5 Å². The van der Waals surface area contributed by atoms with Gasteiger partial charge in [-0.25, -0.2) is 4.98 Å². The van der Waals surface area contributed by atoms with Crippen LogP contribution in [0.1, 0.15) is 18.4 Å². The van der Waals surface area contributed by atoms with Gasteiger partial charge >= 0.3 is 0 Å². The van der Waals surface area contributed by atoms with E-state index in [2.05, 4.69) is 17.0 Å². The molecule has 1 amide bonds. The molecule has 6 nitrogen and oxygen atoms in total. The molecule has 1 saturated heterocycles. The van der Waals surface area contributed by atoms with Crippen molar-refractivity contribution in [2.24, 2.45) is 0 Å². The average Bonchev–Trinajstić information content (AvgIpc) is 3.31. The van der Waals surface area contributed by atoms with E-state index >= 15 is 0 Å². The lowest BCUT2D eigenvalue weighted by molar-refractivity contribution is -0.130. The number of anilines is 1. The van der Waals surface area contributed by atoms with Gasteiger partial charge in [-0.05, 0) is 42.7 Å². The molecule has 2 aromatic carbocycles. The number of amides is 1. The van der Waals surface area contributed by atoms with Gasteiger partial charge in [-0.15, -0.1) is 0 Å². The molecule has 0 radical (unpaired) electrons. The van der Waals surface area contributed by atoms with Gasteiger partial charge in [0.1, 0.15) is 0 Å². The van der Waals surface area contributed by atoms with Gasteiger partial charge in [-0.3, -0.25) is 4.79 Å². The van der Waals surface area contributed by atoms with E-state index in [0.29, 0.717) is 12.8 Å². The Labute approximate surface area is 173 Å². The fraction of sp³-hybridized carbons (Fsp3) is 0.364. The lowest BCUT2D eigenvalue weighted by atomic mass is 10.1. The number of nitrogens with zero attached hydrogens (tertiary/aromatic N) is 3. The van der Waals surface area contributed by atoms with E-state index in [-0.39, 0.29) is 12.7 Å². The molecule has 0 saturated carbocycles. The minimum absolute atomic E-state index is 0.216. The molecule has 0 bridgehead atoms. The lowest BCUT2D eigenvalue weighted by Crippen LogP contribution is -2.35. The minimum Gasteiger partial charge on any atom is -0.454 e. The number of rotatable bonds is 4. The summed E-state index contributed by atoms with van der Waals surface area (Å²) < 4.78 is 12.0. The number of carbonyl (C=O) groups is 1. The topological polar surface area (TPSA) is 54.9 Å². The van der Waals surface area contributed by atoms with E-state index in [9.17, 15) is 4.79 Å². The van der Waals surface area contributed by atoms with Crippen LogP contribution in [0.3, 0.4) is 0 Å². The van der Waals surface area contributed by atoms with Crippen LogP contribution in [0.4, 0.5) is 5.13 Å². The summed E-state index contributed by atoms with van der Waals surface area (Å²) in [7, 11) is 0. The standard InChI is InChI=1S/C22H23N3O3S/c26-21(9-7-16-6-8-18-19(14-16)28-15-27-18)24-10-3-11-25(13-12-24)22-23-17-4-1-2-5-20(17)29-22/h1-2,4-6,8,14H,3,7,9-13,15H2. The van der Waals surface area contributed by atoms with Gasteiger partial charge in [0.15, 0.2) is 16.6 Å². The summed E-state index contributed by atoms with van der Waals surface area (Å²) in [4.78, 5) is 21.9. The second kappa shape index (κ2) is 7.91. The quantitative estimate of drug-likeness (QED) is 0.658. The van der Waals surface area contributed by atoms with Gasteiger partial charge in [0.2, 0.25) is 12.7 Å². The van der Waals surface area contributed by atoms with Crippen LogP contribution in [0, 0.1) is 0 Å². The summed E-state index contributed by atoms with van der Waals surface area (Å²) in [6.07, 6.45) is 2.19. The molecular weight excluding hydrogens is 386 g/mol. The SMILES string of the molecule is O=C(CCc1ccc2c(c1)OCO2)N1CCCN(c2nc3ccccc3s2)CC1. The molecule has 1 fully saturated rings. The van der Waals surface area contributed by atoms with Crippen LogP contribution < -0.4 is 14.4 Å². The number of benzene rings is 2. The highest BCUT2D eigenvalue weighted by atomic mass is 32.1. The Morgan fingerprint density at radius 2 is 1.93 bits per heavy atom. The molecule has 0 atom stereocenters. The Bertz CT molecular complexity index is 1000. The first kappa shape index (κ1) is 18.2. The number of hydrogen-bond donors (Lipinski definition) is 0.